The van der Waals surface area contributed by atoms with Crippen LogP contribution < -0.4 is 0 Å². The third-order valence-electron chi connectivity index (χ3n) is 5.36. The predicted octanol–water partition coefficient (Wildman–Crippen LogP) is 3.83. The summed E-state index contributed by atoms with van der Waals surface area (Å²) in [6.07, 6.45) is 4.55. The van der Waals surface area contributed by atoms with E-state index in [4.69, 9.17) is 4.74 Å². The second kappa shape index (κ2) is 8.39. The first kappa shape index (κ1) is 19.1. The van der Waals surface area contributed by atoms with E-state index in [2.05, 4.69) is 29.8 Å². The van der Waals surface area contributed by atoms with Gasteiger partial charge in [-0.3, -0.25) is 9.69 Å². The van der Waals surface area contributed by atoms with Gasteiger partial charge in [-0.1, -0.05) is 6.07 Å². The summed E-state index contributed by atoms with van der Waals surface area (Å²) < 4.78 is 5.83. The van der Waals surface area contributed by atoms with Gasteiger partial charge in [0.1, 0.15) is 9.88 Å². The molecule has 5 nitrogen and oxygen atoms in total. The van der Waals surface area contributed by atoms with Crippen molar-refractivity contribution < 1.29 is 9.53 Å². The number of ether oxygens (including phenoxy) is 1. The van der Waals surface area contributed by atoms with E-state index in [0.717, 1.165) is 60.3 Å². The maximum atomic E-state index is 12.8. The lowest BCUT2D eigenvalue weighted by atomic mass is 9.95. The van der Waals surface area contributed by atoms with Crippen molar-refractivity contribution >= 4 is 28.6 Å². The molecule has 2 aromatic heterocycles. The van der Waals surface area contributed by atoms with Crippen LogP contribution in [0.25, 0.3) is 9.88 Å². The molecule has 2 aromatic rings. The van der Waals surface area contributed by atoms with E-state index in [1.165, 1.54) is 11.3 Å². The van der Waals surface area contributed by atoms with Gasteiger partial charge < -0.3 is 9.64 Å². The van der Waals surface area contributed by atoms with Gasteiger partial charge >= 0.3 is 0 Å². The van der Waals surface area contributed by atoms with Crippen LogP contribution in [0.2, 0.25) is 0 Å². The van der Waals surface area contributed by atoms with Crippen molar-refractivity contribution in [2.45, 2.75) is 38.9 Å². The molecule has 27 heavy (non-hydrogen) atoms. The quantitative estimate of drug-likeness (QED) is 0.775. The summed E-state index contributed by atoms with van der Waals surface area (Å²) >= 11 is 3.17. The fourth-order valence-electron chi connectivity index (χ4n) is 4.16. The number of carbonyl (C=O) groups is 1. The molecule has 2 aliphatic rings. The van der Waals surface area contributed by atoms with Crippen molar-refractivity contribution in [2.24, 2.45) is 5.92 Å². The van der Waals surface area contributed by atoms with Crippen molar-refractivity contribution in [3.05, 3.63) is 28.6 Å². The number of aromatic nitrogens is 1. The van der Waals surface area contributed by atoms with Gasteiger partial charge in [0.25, 0.3) is 5.91 Å². The number of amides is 1. The average Bonchev–Trinajstić information content (AvgIpc) is 3.32. The van der Waals surface area contributed by atoms with Crippen molar-refractivity contribution in [1.29, 1.82) is 0 Å². The lowest BCUT2D eigenvalue weighted by Crippen LogP contribution is -2.48. The predicted molar refractivity (Wildman–Crippen MR) is 111 cm³/mol. The molecule has 0 aliphatic carbocycles. The summed E-state index contributed by atoms with van der Waals surface area (Å²) in [6.45, 7) is 9.19. The Morgan fingerprint density at radius 2 is 2.00 bits per heavy atom. The highest BCUT2D eigenvalue weighted by molar-refractivity contribution is 7.21. The third-order valence-corrected chi connectivity index (χ3v) is 7.39. The Labute approximate surface area is 169 Å². The molecule has 2 atom stereocenters. The maximum absolute atomic E-state index is 12.8. The van der Waals surface area contributed by atoms with E-state index in [1.807, 2.05) is 16.3 Å². The van der Waals surface area contributed by atoms with Gasteiger partial charge in [0.15, 0.2) is 0 Å². The Kier molecular flexibility index (Phi) is 5.92. The van der Waals surface area contributed by atoms with Crippen LogP contribution in [0, 0.1) is 5.92 Å². The number of thiophene rings is 1. The van der Waals surface area contributed by atoms with E-state index in [9.17, 15) is 4.79 Å². The monoisotopic (exact) mass is 405 g/mol. The maximum Gasteiger partial charge on any atom is 0.265 e. The van der Waals surface area contributed by atoms with Crippen molar-refractivity contribution in [3.8, 4) is 9.88 Å². The molecule has 2 aliphatic heterocycles. The Morgan fingerprint density at radius 1 is 1.26 bits per heavy atom. The Bertz CT molecular complexity index is 743. The van der Waals surface area contributed by atoms with E-state index in [0.29, 0.717) is 18.1 Å². The SMILES string of the molecule is CC1CN(CC2CCN(C(=O)c3cnc(-c4cccs4)s3)CC2)CC(C)O1. The van der Waals surface area contributed by atoms with Crippen LogP contribution in [-0.2, 0) is 4.74 Å². The second-order valence-corrected chi connectivity index (χ2v) is 9.70. The number of carbonyl (C=O) groups excluding carboxylic acids is 1. The smallest absolute Gasteiger partial charge is 0.265 e. The number of thiazole rings is 1. The van der Waals surface area contributed by atoms with Crippen LogP contribution >= 0.6 is 22.7 Å². The largest absolute Gasteiger partial charge is 0.373 e. The summed E-state index contributed by atoms with van der Waals surface area (Å²) in [5, 5.41) is 2.98. The number of hydrogen-bond donors (Lipinski definition) is 0. The van der Waals surface area contributed by atoms with Crippen LogP contribution in [-0.4, -0.2) is 65.6 Å². The number of likely N-dealkylation sites (tertiary alicyclic amines) is 1. The molecule has 4 rings (SSSR count). The highest BCUT2D eigenvalue weighted by atomic mass is 32.1. The minimum absolute atomic E-state index is 0.141. The molecule has 0 saturated carbocycles. The third kappa shape index (κ3) is 4.59. The fraction of sp³-hybridized carbons (Fsp3) is 0.600. The van der Waals surface area contributed by atoms with Crippen LogP contribution in [0.4, 0.5) is 0 Å². The van der Waals surface area contributed by atoms with Gasteiger partial charge in [0.05, 0.1) is 23.3 Å². The summed E-state index contributed by atoms with van der Waals surface area (Å²) in [6, 6.07) is 4.07. The number of piperidine rings is 1. The molecular formula is C20H27N3O2S2. The first-order chi connectivity index (χ1) is 13.1. The minimum Gasteiger partial charge on any atom is -0.373 e. The van der Waals surface area contributed by atoms with Crippen molar-refractivity contribution in [2.75, 3.05) is 32.7 Å². The summed E-state index contributed by atoms with van der Waals surface area (Å²) in [5.74, 6) is 0.817. The summed E-state index contributed by atoms with van der Waals surface area (Å²) in [4.78, 5) is 23.7. The van der Waals surface area contributed by atoms with Gasteiger partial charge in [-0.2, -0.15) is 0 Å². The van der Waals surface area contributed by atoms with Gasteiger partial charge in [-0.05, 0) is 44.1 Å². The molecule has 0 spiro atoms. The van der Waals surface area contributed by atoms with Gasteiger partial charge in [-0.15, -0.1) is 22.7 Å². The van der Waals surface area contributed by atoms with E-state index >= 15 is 0 Å². The molecule has 0 radical (unpaired) electrons. The highest BCUT2D eigenvalue weighted by Gasteiger charge is 2.28. The second-order valence-electron chi connectivity index (χ2n) is 7.72. The fourth-order valence-corrected chi connectivity index (χ4v) is 5.85. The van der Waals surface area contributed by atoms with E-state index in [1.54, 1.807) is 17.5 Å². The number of rotatable bonds is 4. The zero-order valence-electron chi connectivity index (χ0n) is 16.0. The van der Waals surface area contributed by atoms with Gasteiger partial charge in [0.2, 0.25) is 0 Å². The molecule has 0 aromatic carbocycles. The molecule has 146 valence electrons. The minimum atomic E-state index is 0.141. The van der Waals surface area contributed by atoms with Crippen LogP contribution in [0.3, 0.4) is 0 Å². The number of morpholine rings is 1. The Hall–Kier alpha value is -1.28. The highest BCUT2D eigenvalue weighted by Crippen LogP contribution is 2.30. The molecule has 2 fully saturated rings. The lowest BCUT2D eigenvalue weighted by Gasteiger charge is -2.39. The van der Waals surface area contributed by atoms with Crippen LogP contribution in [0.1, 0.15) is 36.4 Å². The van der Waals surface area contributed by atoms with Crippen molar-refractivity contribution in [1.82, 2.24) is 14.8 Å². The van der Waals surface area contributed by atoms with Crippen molar-refractivity contribution in [3.63, 3.8) is 0 Å². The first-order valence-electron chi connectivity index (χ1n) is 9.75. The number of hydrogen-bond acceptors (Lipinski definition) is 6. The zero-order valence-corrected chi connectivity index (χ0v) is 17.6. The molecular weight excluding hydrogens is 378 g/mol. The zero-order chi connectivity index (χ0) is 18.8. The molecule has 2 unspecified atom stereocenters. The standard InChI is InChI=1S/C20H27N3O2S2/c1-14-11-22(12-15(2)25-14)13-16-5-7-23(8-6-16)20(24)18-10-21-19(27-18)17-4-3-9-26-17/h3-4,9-10,14-16H,5-8,11-13H2,1-2H3. The van der Waals surface area contributed by atoms with E-state index in [-0.39, 0.29) is 5.91 Å². The molecule has 7 heteroatoms. The average molecular weight is 406 g/mol. The van der Waals surface area contributed by atoms with Crippen LogP contribution in [0.15, 0.2) is 23.7 Å². The molecule has 4 heterocycles. The molecule has 2 saturated heterocycles. The molecule has 0 N–H and O–H groups in total. The molecule has 0 bridgehead atoms. The Balaban J connectivity index is 1.29. The van der Waals surface area contributed by atoms with E-state index < -0.39 is 0 Å². The first-order valence-corrected chi connectivity index (χ1v) is 11.4. The van der Waals surface area contributed by atoms with Gasteiger partial charge in [-0.25, -0.2) is 4.98 Å². The topological polar surface area (TPSA) is 45.7 Å². The Morgan fingerprint density at radius 3 is 2.67 bits per heavy atom. The lowest BCUT2D eigenvalue weighted by molar-refractivity contribution is -0.0728. The number of nitrogens with zero attached hydrogens (tertiary/aromatic N) is 3. The summed E-state index contributed by atoms with van der Waals surface area (Å²) in [5.41, 5.74) is 0. The summed E-state index contributed by atoms with van der Waals surface area (Å²) in [7, 11) is 0. The molecule has 1 amide bonds. The van der Waals surface area contributed by atoms with Crippen LogP contribution in [0.5, 0.6) is 0 Å². The van der Waals surface area contributed by atoms with Gasteiger partial charge in [0, 0.05) is 32.7 Å². The normalized spacial score (nSPS) is 25.0.